The van der Waals surface area contributed by atoms with Crippen molar-refractivity contribution in [1.29, 1.82) is 0 Å². The Morgan fingerprint density at radius 2 is 2.06 bits per heavy atom. The van der Waals surface area contributed by atoms with Crippen LogP contribution in [0.25, 0.3) is 0 Å². The summed E-state index contributed by atoms with van der Waals surface area (Å²) in [7, 11) is 0. The lowest BCUT2D eigenvalue weighted by Crippen LogP contribution is -2.35. The van der Waals surface area contributed by atoms with Crippen LogP contribution >= 0.6 is 0 Å². The lowest BCUT2D eigenvalue weighted by atomic mass is 10.2. The zero-order chi connectivity index (χ0) is 11.2. The first-order chi connectivity index (χ1) is 7.90. The molecule has 0 saturated heterocycles. The van der Waals surface area contributed by atoms with E-state index in [1.807, 2.05) is 34.1 Å². The third kappa shape index (κ3) is 2.61. The van der Waals surface area contributed by atoms with Gasteiger partial charge in [0.2, 0.25) is 0 Å². The monoisotopic (exact) mass is 217 g/mol. The van der Waals surface area contributed by atoms with Crippen LogP contribution in [0.5, 0.6) is 0 Å². The van der Waals surface area contributed by atoms with Crippen molar-refractivity contribution in [3.8, 4) is 0 Å². The number of aliphatic hydroxyl groups is 1. The Labute approximate surface area is 94.7 Å². The minimum Gasteiger partial charge on any atom is -0.394 e. The molecule has 0 fully saturated rings. The van der Waals surface area contributed by atoms with Gasteiger partial charge in [-0.3, -0.25) is 4.68 Å². The third-order valence-corrected chi connectivity index (χ3v) is 2.38. The molecule has 0 aliphatic rings. The molecule has 1 N–H and O–H groups in total. The summed E-state index contributed by atoms with van der Waals surface area (Å²) in [4.78, 5) is 4.01. The predicted molar refractivity (Wildman–Crippen MR) is 62.5 cm³/mol. The Balaban J connectivity index is 2.09. The fourth-order valence-electron chi connectivity index (χ4n) is 1.61. The van der Waals surface area contributed by atoms with Crippen molar-refractivity contribution < 1.29 is 5.11 Å². The van der Waals surface area contributed by atoms with Gasteiger partial charge < -0.3 is 10.1 Å². The Bertz CT molecular complexity index is 399. The van der Waals surface area contributed by atoms with E-state index in [0.717, 1.165) is 6.54 Å². The molecule has 16 heavy (non-hydrogen) atoms. The van der Waals surface area contributed by atoms with E-state index in [-0.39, 0.29) is 6.61 Å². The van der Waals surface area contributed by atoms with Gasteiger partial charge in [0.1, 0.15) is 6.33 Å². The van der Waals surface area contributed by atoms with Gasteiger partial charge in [0.05, 0.1) is 19.7 Å². The molecule has 0 atom stereocenters. The number of benzene rings is 1. The van der Waals surface area contributed by atoms with E-state index in [9.17, 15) is 0 Å². The van der Waals surface area contributed by atoms with Crippen molar-refractivity contribution in [2.24, 2.45) is 0 Å². The van der Waals surface area contributed by atoms with Gasteiger partial charge in [-0.2, -0.15) is 0 Å². The molecule has 84 valence electrons. The Kier molecular flexibility index (Phi) is 3.56. The number of aliphatic hydroxyl groups excluding tert-OH is 1. The normalized spacial score (nSPS) is 10.3. The predicted octanol–water partition coefficient (Wildman–Crippen LogP) is 1.01. The number of aromatic nitrogens is 2. The lowest BCUT2D eigenvalue weighted by molar-refractivity contribution is 0.290. The number of nitrogens with zero attached hydrogens (tertiary/aromatic N) is 3. The molecular weight excluding hydrogens is 202 g/mol. The van der Waals surface area contributed by atoms with Crippen LogP contribution in [-0.2, 0) is 6.54 Å². The van der Waals surface area contributed by atoms with Crippen molar-refractivity contribution in [3.05, 3.63) is 54.6 Å². The highest BCUT2D eigenvalue weighted by Crippen LogP contribution is 2.03. The fraction of sp³-hybridized carbons (Fsp3) is 0.250. The van der Waals surface area contributed by atoms with E-state index in [0.29, 0.717) is 6.54 Å². The average Bonchev–Trinajstić information content (AvgIpc) is 2.83. The summed E-state index contributed by atoms with van der Waals surface area (Å²) in [5.74, 6) is 0. The van der Waals surface area contributed by atoms with Crippen LogP contribution < -0.4 is 5.01 Å². The largest absolute Gasteiger partial charge is 0.394 e. The quantitative estimate of drug-likeness (QED) is 0.812. The van der Waals surface area contributed by atoms with Gasteiger partial charge in [-0.15, -0.1) is 0 Å². The SMILES string of the molecule is OCCN(Cc1ccccc1)n1ccnc1. The summed E-state index contributed by atoms with van der Waals surface area (Å²) >= 11 is 0. The molecule has 4 heteroatoms. The lowest BCUT2D eigenvalue weighted by Gasteiger charge is -2.24. The zero-order valence-electron chi connectivity index (χ0n) is 9.03. The molecule has 0 unspecified atom stereocenters. The second-order valence-corrected chi connectivity index (χ2v) is 3.54. The van der Waals surface area contributed by atoms with E-state index < -0.39 is 0 Å². The van der Waals surface area contributed by atoms with E-state index in [1.165, 1.54) is 5.56 Å². The van der Waals surface area contributed by atoms with Crippen LogP contribution in [0.2, 0.25) is 0 Å². The summed E-state index contributed by atoms with van der Waals surface area (Å²) in [6.45, 7) is 1.48. The minimum absolute atomic E-state index is 0.130. The number of imidazole rings is 1. The van der Waals surface area contributed by atoms with Crippen LogP contribution in [0.15, 0.2) is 49.1 Å². The van der Waals surface area contributed by atoms with Crippen molar-refractivity contribution in [2.75, 3.05) is 18.2 Å². The summed E-state index contributed by atoms with van der Waals surface area (Å²) in [5, 5.41) is 11.1. The van der Waals surface area contributed by atoms with E-state index >= 15 is 0 Å². The van der Waals surface area contributed by atoms with Gasteiger partial charge in [-0.1, -0.05) is 30.3 Å². The van der Waals surface area contributed by atoms with Crippen LogP contribution in [0, 0.1) is 0 Å². The number of rotatable bonds is 5. The molecule has 0 saturated carbocycles. The fourth-order valence-corrected chi connectivity index (χ4v) is 1.61. The van der Waals surface area contributed by atoms with Gasteiger partial charge in [-0.25, -0.2) is 4.98 Å². The first-order valence-electron chi connectivity index (χ1n) is 5.28. The second-order valence-electron chi connectivity index (χ2n) is 3.54. The summed E-state index contributed by atoms with van der Waals surface area (Å²) in [6, 6.07) is 10.2. The van der Waals surface area contributed by atoms with Crippen molar-refractivity contribution >= 4 is 0 Å². The molecule has 4 nitrogen and oxygen atoms in total. The number of hydrogen-bond acceptors (Lipinski definition) is 3. The highest BCUT2D eigenvalue weighted by atomic mass is 16.3. The van der Waals surface area contributed by atoms with Gasteiger partial charge in [-0.05, 0) is 5.56 Å². The molecule has 2 rings (SSSR count). The van der Waals surface area contributed by atoms with Crippen molar-refractivity contribution in [3.63, 3.8) is 0 Å². The maximum atomic E-state index is 9.04. The molecule has 1 aromatic heterocycles. The first kappa shape index (κ1) is 10.7. The molecule has 1 heterocycles. The van der Waals surface area contributed by atoms with Crippen LogP contribution in [-0.4, -0.2) is 27.9 Å². The topological polar surface area (TPSA) is 41.3 Å². The Hall–Kier alpha value is -1.81. The highest BCUT2D eigenvalue weighted by Gasteiger charge is 2.04. The Morgan fingerprint density at radius 1 is 1.25 bits per heavy atom. The summed E-state index contributed by atoms with van der Waals surface area (Å²) in [5.41, 5.74) is 1.21. The maximum absolute atomic E-state index is 9.04. The molecule has 1 aromatic carbocycles. The van der Waals surface area contributed by atoms with Crippen LogP contribution in [0.4, 0.5) is 0 Å². The molecule has 2 aromatic rings. The van der Waals surface area contributed by atoms with E-state index in [4.69, 9.17) is 5.11 Å². The first-order valence-corrected chi connectivity index (χ1v) is 5.28. The maximum Gasteiger partial charge on any atom is 0.114 e. The number of hydrogen-bond donors (Lipinski definition) is 1. The van der Waals surface area contributed by atoms with E-state index in [2.05, 4.69) is 17.1 Å². The van der Waals surface area contributed by atoms with Crippen molar-refractivity contribution in [1.82, 2.24) is 9.66 Å². The van der Waals surface area contributed by atoms with Crippen molar-refractivity contribution in [2.45, 2.75) is 6.54 Å². The average molecular weight is 217 g/mol. The molecule has 0 radical (unpaired) electrons. The summed E-state index contributed by atoms with van der Waals surface area (Å²) < 4.78 is 1.89. The molecule has 0 aliphatic heterocycles. The molecule has 0 aliphatic carbocycles. The zero-order valence-corrected chi connectivity index (χ0v) is 9.03. The van der Waals surface area contributed by atoms with Gasteiger partial charge in [0.25, 0.3) is 0 Å². The van der Waals surface area contributed by atoms with Gasteiger partial charge in [0, 0.05) is 12.4 Å². The molecule has 0 spiro atoms. The molecule has 0 bridgehead atoms. The highest BCUT2D eigenvalue weighted by molar-refractivity contribution is 5.16. The molecule has 0 amide bonds. The second kappa shape index (κ2) is 5.32. The standard InChI is InChI=1S/C12H15N3O/c16-9-8-14(15-7-6-13-11-15)10-12-4-2-1-3-5-12/h1-7,11,16H,8-10H2. The minimum atomic E-state index is 0.130. The smallest absolute Gasteiger partial charge is 0.114 e. The van der Waals surface area contributed by atoms with Crippen LogP contribution in [0.1, 0.15) is 5.56 Å². The third-order valence-electron chi connectivity index (χ3n) is 2.38. The van der Waals surface area contributed by atoms with E-state index in [1.54, 1.807) is 12.5 Å². The summed E-state index contributed by atoms with van der Waals surface area (Å²) in [6.07, 6.45) is 5.34. The Morgan fingerprint density at radius 3 is 2.69 bits per heavy atom. The van der Waals surface area contributed by atoms with Gasteiger partial charge in [0.15, 0.2) is 0 Å². The van der Waals surface area contributed by atoms with Gasteiger partial charge >= 0.3 is 0 Å². The molecular formula is C12H15N3O. The van der Waals surface area contributed by atoms with Crippen LogP contribution in [0.3, 0.4) is 0 Å².